The van der Waals surface area contributed by atoms with Crippen LogP contribution < -0.4 is 0 Å². The molecule has 0 unspecified atom stereocenters. The van der Waals surface area contributed by atoms with Crippen LogP contribution in [0.15, 0.2) is 71.1 Å². The summed E-state index contributed by atoms with van der Waals surface area (Å²) in [5, 5.41) is 0. The minimum absolute atomic E-state index is 0.907. The van der Waals surface area contributed by atoms with Gasteiger partial charge >= 0.3 is 0 Å². The molecule has 0 radical (unpaired) electrons. The Balaban J connectivity index is 1.97. The first-order chi connectivity index (χ1) is 8.83. The van der Waals surface area contributed by atoms with Gasteiger partial charge in [0.1, 0.15) is 11.5 Å². The number of hydrogen-bond donors (Lipinski definition) is 0. The fourth-order valence-electron chi connectivity index (χ4n) is 1.86. The van der Waals surface area contributed by atoms with Gasteiger partial charge in [-0.25, -0.2) is 0 Å². The summed E-state index contributed by atoms with van der Waals surface area (Å²) in [7, 11) is 0. The summed E-state index contributed by atoms with van der Waals surface area (Å²) in [5.74, 6) is 1.81. The minimum Gasteiger partial charge on any atom is -0.456 e. The quantitative estimate of drug-likeness (QED) is 0.580. The Morgan fingerprint density at radius 1 is 0.611 bits per heavy atom. The van der Waals surface area contributed by atoms with E-state index in [4.69, 9.17) is 4.42 Å². The van der Waals surface area contributed by atoms with Gasteiger partial charge in [-0.2, -0.15) is 0 Å². The molecular formula is C16H11IO. The minimum atomic E-state index is 0.907. The highest BCUT2D eigenvalue weighted by Gasteiger charge is 2.05. The summed E-state index contributed by atoms with van der Waals surface area (Å²) in [6, 6.07) is 22.5. The molecule has 2 aromatic carbocycles. The molecule has 0 aliphatic rings. The molecule has 0 saturated carbocycles. The monoisotopic (exact) mass is 346 g/mol. The molecule has 3 rings (SSSR count). The van der Waals surface area contributed by atoms with E-state index >= 15 is 0 Å². The molecule has 88 valence electrons. The Morgan fingerprint density at radius 2 is 1.17 bits per heavy atom. The lowest BCUT2D eigenvalue weighted by Crippen LogP contribution is -1.74. The van der Waals surface area contributed by atoms with Gasteiger partial charge < -0.3 is 4.42 Å². The molecule has 3 aromatic rings. The van der Waals surface area contributed by atoms with Gasteiger partial charge in [0.2, 0.25) is 0 Å². The largest absolute Gasteiger partial charge is 0.456 e. The second kappa shape index (κ2) is 4.98. The molecule has 0 saturated heterocycles. The van der Waals surface area contributed by atoms with Crippen molar-refractivity contribution in [3.63, 3.8) is 0 Å². The number of hydrogen-bond acceptors (Lipinski definition) is 1. The van der Waals surface area contributed by atoms with E-state index in [0.29, 0.717) is 0 Å². The normalized spacial score (nSPS) is 10.5. The molecule has 1 heterocycles. The van der Waals surface area contributed by atoms with Crippen molar-refractivity contribution in [2.45, 2.75) is 0 Å². The molecule has 2 heteroatoms. The Bertz CT molecular complexity index is 638. The summed E-state index contributed by atoms with van der Waals surface area (Å²) in [4.78, 5) is 0. The topological polar surface area (TPSA) is 13.1 Å². The molecular weight excluding hydrogens is 335 g/mol. The van der Waals surface area contributed by atoms with Gasteiger partial charge in [-0.1, -0.05) is 42.5 Å². The highest BCUT2D eigenvalue weighted by Crippen LogP contribution is 2.28. The van der Waals surface area contributed by atoms with Crippen LogP contribution in [0.5, 0.6) is 0 Å². The summed E-state index contributed by atoms with van der Waals surface area (Å²) in [6.07, 6.45) is 0. The highest BCUT2D eigenvalue weighted by atomic mass is 127. The Morgan fingerprint density at radius 3 is 1.78 bits per heavy atom. The fraction of sp³-hybridized carbons (Fsp3) is 0. The van der Waals surface area contributed by atoms with Crippen LogP contribution in [-0.2, 0) is 0 Å². The summed E-state index contributed by atoms with van der Waals surface area (Å²) < 4.78 is 7.12. The molecule has 0 spiro atoms. The first-order valence-electron chi connectivity index (χ1n) is 5.74. The third kappa shape index (κ3) is 2.34. The molecule has 0 bridgehead atoms. The predicted octanol–water partition coefficient (Wildman–Crippen LogP) is 5.22. The maximum Gasteiger partial charge on any atom is 0.134 e. The average molecular weight is 346 g/mol. The number of halogens is 1. The molecule has 0 aliphatic heterocycles. The molecule has 0 atom stereocenters. The molecule has 0 aliphatic carbocycles. The smallest absolute Gasteiger partial charge is 0.134 e. The maximum absolute atomic E-state index is 5.89. The van der Waals surface area contributed by atoms with E-state index in [0.717, 1.165) is 22.6 Å². The van der Waals surface area contributed by atoms with E-state index in [1.165, 1.54) is 3.57 Å². The zero-order chi connectivity index (χ0) is 12.4. The van der Waals surface area contributed by atoms with Crippen molar-refractivity contribution in [2.24, 2.45) is 0 Å². The summed E-state index contributed by atoms with van der Waals surface area (Å²) in [6.45, 7) is 0. The van der Waals surface area contributed by atoms with Crippen LogP contribution in [0.3, 0.4) is 0 Å². The van der Waals surface area contributed by atoms with Crippen molar-refractivity contribution in [3.05, 3.63) is 70.3 Å². The Labute approximate surface area is 120 Å². The Hall–Kier alpha value is -1.55. The third-order valence-corrected chi connectivity index (χ3v) is 3.51. The van der Waals surface area contributed by atoms with Gasteiger partial charge in [0, 0.05) is 14.7 Å². The van der Waals surface area contributed by atoms with Gasteiger partial charge in [0.15, 0.2) is 0 Å². The van der Waals surface area contributed by atoms with Gasteiger partial charge in [-0.3, -0.25) is 0 Å². The van der Waals surface area contributed by atoms with Crippen LogP contribution in [0.2, 0.25) is 0 Å². The molecule has 1 aromatic heterocycles. The lowest BCUT2D eigenvalue weighted by molar-refractivity contribution is 0.597. The molecule has 0 N–H and O–H groups in total. The van der Waals surface area contributed by atoms with Crippen LogP contribution >= 0.6 is 22.6 Å². The van der Waals surface area contributed by atoms with Crippen molar-refractivity contribution < 1.29 is 4.42 Å². The molecule has 18 heavy (non-hydrogen) atoms. The molecule has 0 fully saturated rings. The van der Waals surface area contributed by atoms with Crippen molar-refractivity contribution in [1.82, 2.24) is 0 Å². The third-order valence-electron chi connectivity index (χ3n) is 2.79. The summed E-state index contributed by atoms with van der Waals surface area (Å²) >= 11 is 2.30. The lowest BCUT2D eigenvalue weighted by atomic mass is 10.2. The van der Waals surface area contributed by atoms with Crippen LogP contribution in [0.25, 0.3) is 22.6 Å². The van der Waals surface area contributed by atoms with E-state index in [-0.39, 0.29) is 0 Å². The van der Waals surface area contributed by atoms with Gasteiger partial charge in [0.25, 0.3) is 0 Å². The first kappa shape index (κ1) is 11.5. The molecule has 1 nitrogen and oxygen atoms in total. The maximum atomic E-state index is 5.89. The lowest BCUT2D eigenvalue weighted by Gasteiger charge is -1.98. The van der Waals surface area contributed by atoms with Gasteiger partial charge in [-0.05, 0) is 46.9 Å². The van der Waals surface area contributed by atoms with Crippen molar-refractivity contribution in [1.29, 1.82) is 0 Å². The fourth-order valence-corrected chi connectivity index (χ4v) is 2.22. The van der Waals surface area contributed by atoms with Crippen molar-refractivity contribution >= 4 is 22.6 Å². The van der Waals surface area contributed by atoms with E-state index in [1.807, 2.05) is 30.3 Å². The second-order valence-corrected chi connectivity index (χ2v) is 5.28. The SMILES string of the molecule is Ic1ccc(-c2ccc(-c3ccccc3)o2)cc1. The van der Waals surface area contributed by atoms with E-state index in [1.54, 1.807) is 0 Å². The number of furan rings is 1. The number of benzene rings is 2. The Kier molecular flexibility index (Phi) is 3.19. The van der Waals surface area contributed by atoms with E-state index in [9.17, 15) is 0 Å². The van der Waals surface area contributed by atoms with E-state index < -0.39 is 0 Å². The highest BCUT2D eigenvalue weighted by molar-refractivity contribution is 14.1. The molecule has 0 amide bonds. The predicted molar refractivity (Wildman–Crippen MR) is 82.3 cm³/mol. The van der Waals surface area contributed by atoms with Crippen LogP contribution in [-0.4, -0.2) is 0 Å². The van der Waals surface area contributed by atoms with Crippen LogP contribution in [0.1, 0.15) is 0 Å². The second-order valence-electron chi connectivity index (χ2n) is 4.04. The average Bonchev–Trinajstić information content (AvgIpc) is 2.90. The van der Waals surface area contributed by atoms with Gasteiger partial charge in [-0.15, -0.1) is 0 Å². The zero-order valence-electron chi connectivity index (χ0n) is 9.64. The van der Waals surface area contributed by atoms with Crippen molar-refractivity contribution in [2.75, 3.05) is 0 Å². The van der Waals surface area contributed by atoms with Crippen LogP contribution in [0.4, 0.5) is 0 Å². The summed E-state index contributed by atoms with van der Waals surface area (Å²) in [5.41, 5.74) is 2.21. The number of rotatable bonds is 2. The van der Waals surface area contributed by atoms with E-state index in [2.05, 4.69) is 59.0 Å². The van der Waals surface area contributed by atoms with Crippen molar-refractivity contribution in [3.8, 4) is 22.6 Å². The zero-order valence-corrected chi connectivity index (χ0v) is 11.8. The standard InChI is InChI=1S/C16H11IO/c17-14-8-6-13(7-9-14)16-11-10-15(18-16)12-4-2-1-3-5-12/h1-11H. The van der Waals surface area contributed by atoms with Crippen LogP contribution in [0, 0.1) is 3.57 Å². The van der Waals surface area contributed by atoms with Gasteiger partial charge in [0.05, 0.1) is 0 Å². The first-order valence-corrected chi connectivity index (χ1v) is 6.82.